The van der Waals surface area contributed by atoms with Crippen LogP contribution in [0.15, 0.2) is 0 Å². The molecule has 0 bridgehead atoms. The van der Waals surface area contributed by atoms with Gasteiger partial charge in [-0.25, -0.2) is 0 Å². The molecule has 104 valence electrons. The number of likely N-dealkylation sites (N-methyl/N-ethyl adjacent to an activating group) is 1. The molecule has 0 spiro atoms. The second kappa shape index (κ2) is 6.59. The van der Waals surface area contributed by atoms with E-state index in [1.165, 1.54) is 0 Å². The monoisotopic (exact) mass is 254 g/mol. The molecular formula is C12H25F3N2. The Hall–Kier alpha value is -0.290. The van der Waals surface area contributed by atoms with Crippen LogP contribution in [-0.2, 0) is 0 Å². The van der Waals surface area contributed by atoms with Gasteiger partial charge in [0.2, 0.25) is 0 Å². The molecule has 0 fully saturated rings. The van der Waals surface area contributed by atoms with Crippen molar-refractivity contribution in [3.05, 3.63) is 0 Å². The van der Waals surface area contributed by atoms with Gasteiger partial charge in [0.15, 0.2) is 0 Å². The minimum Gasteiger partial charge on any atom is -0.329 e. The van der Waals surface area contributed by atoms with Gasteiger partial charge in [-0.3, -0.25) is 4.90 Å². The highest BCUT2D eigenvalue weighted by atomic mass is 19.4. The minimum absolute atomic E-state index is 0.137. The van der Waals surface area contributed by atoms with Crippen LogP contribution in [0.4, 0.5) is 13.2 Å². The van der Waals surface area contributed by atoms with Gasteiger partial charge in [-0.05, 0) is 40.2 Å². The largest absolute Gasteiger partial charge is 0.389 e. The molecule has 0 aliphatic rings. The van der Waals surface area contributed by atoms with Gasteiger partial charge in [-0.15, -0.1) is 0 Å². The maximum atomic E-state index is 12.1. The van der Waals surface area contributed by atoms with Crippen molar-refractivity contribution in [1.82, 2.24) is 4.90 Å². The van der Waals surface area contributed by atoms with E-state index in [0.717, 1.165) is 6.42 Å². The first-order valence-corrected chi connectivity index (χ1v) is 6.16. The fraction of sp³-hybridized carbons (Fsp3) is 1.00. The van der Waals surface area contributed by atoms with E-state index < -0.39 is 12.6 Å². The van der Waals surface area contributed by atoms with Crippen molar-refractivity contribution in [1.29, 1.82) is 0 Å². The smallest absolute Gasteiger partial charge is 0.329 e. The molecule has 0 radical (unpaired) electrons. The molecule has 2 N–H and O–H groups in total. The molecule has 0 rings (SSSR count). The van der Waals surface area contributed by atoms with E-state index in [2.05, 4.69) is 18.7 Å². The Balaban J connectivity index is 4.37. The third-order valence-corrected chi connectivity index (χ3v) is 3.72. The Labute approximate surface area is 102 Å². The van der Waals surface area contributed by atoms with Crippen molar-refractivity contribution in [2.75, 3.05) is 13.6 Å². The van der Waals surface area contributed by atoms with Gasteiger partial charge < -0.3 is 5.73 Å². The molecule has 2 atom stereocenters. The molecule has 0 aromatic heterocycles. The predicted octanol–water partition coefficient (Wildman–Crippen LogP) is 3.17. The van der Waals surface area contributed by atoms with Crippen molar-refractivity contribution >= 4 is 0 Å². The summed E-state index contributed by atoms with van der Waals surface area (Å²) in [7, 11) is 1.94. The van der Waals surface area contributed by atoms with Crippen LogP contribution in [0.3, 0.4) is 0 Å². The average Bonchev–Trinajstić information content (AvgIpc) is 2.24. The van der Waals surface area contributed by atoms with Crippen molar-refractivity contribution in [2.24, 2.45) is 5.73 Å². The Morgan fingerprint density at radius 2 is 1.76 bits per heavy atom. The maximum Gasteiger partial charge on any atom is 0.389 e. The highest BCUT2D eigenvalue weighted by Crippen LogP contribution is 2.28. The summed E-state index contributed by atoms with van der Waals surface area (Å²) in [6.45, 7) is 6.45. The summed E-state index contributed by atoms with van der Waals surface area (Å²) in [4.78, 5) is 2.10. The summed E-state index contributed by atoms with van der Waals surface area (Å²) in [5.41, 5.74) is 5.38. The number of halogens is 3. The SMILES string of the molecule is CCC(C)N(C)C(C)(CN)CCCC(F)(F)F. The van der Waals surface area contributed by atoms with Crippen LogP contribution in [0.2, 0.25) is 0 Å². The average molecular weight is 254 g/mol. The van der Waals surface area contributed by atoms with E-state index in [4.69, 9.17) is 5.73 Å². The van der Waals surface area contributed by atoms with Crippen molar-refractivity contribution in [2.45, 2.75) is 64.2 Å². The van der Waals surface area contributed by atoms with Gasteiger partial charge in [0, 0.05) is 24.5 Å². The second-order valence-electron chi connectivity index (χ2n) is 5.04. The highest BCUT2D eigenvalue weighted by molar-refractivity contribution is 4.88. The van der Waals surface area contributed by atoms with Crippen LogP contribution in [0, 0.1) is 0 Å². The zero-order valence-electron chi connectivity index (χ0n) is 11.3. The van der Waals surface area contributed by atoms with Gasteiger partial charge in [0.05, 0.1) is 0 Å². The van der Waals surface area contributed by atoms with E-state index >= 15 is 0 Å². The lowest BCUT2D eigenvalue weighted by Crippen LogP contribution is -2.53. The van der Waals surface area contributed by atoms with Crippen LogP contribution in [0.1, 0.15) is 46.5 Å². The highest BCUT2D eigenvalue weighted by Gasteiger charge is 2.33. The standard InChI is InChI=1S/C12H25F3N2/c1-5-10(2)17(4)11(3,9-16)7-6-8-12(13,14)15/h10H,5-9,16H2,1-4H3. The molecule has 2 unspecified atom stereocenters. The molecule has 0 aliphatic carbocycles. The summed E-state index contributed by atoms with van der Waals surface area (Å²) in [5.74, 6) is 0. The number of alkyl halides is 3. The third-order valence-electron chi connectivity index (χ3n) is 3.72. The third kappa shape index (κ3) is 5.73. The van der Waals surface area contributed by atoms with Gasteiger partial charge >= 0.3 is 6.18 Å². The van der Waals surface area contributed by atoms with Crippen LogP contribution in [0.5, 0.6) is 0 Å². The molecule has 0 heterocycles. The molecule has 0 saturated carbocycles. The second-order valence-corrected chi connectivity index (χ2v) is 5.04. The van der Waals surface area contributed by atoms with Crippen LogP contribution in [0.25, 0.3) is 0 Å². The van der Waals surface area contributed by atoms with Crippen molar-refractivity contribution < 1.29 is 13.2 Å². The van der Waals surface area contributed by atoms with Crippen LogP contribution in [-0.4, -0.2) is 36.2 Å². The molecule has 0 aromatic carbocycles. The zero-order chi connectivity index (χ0) is 13.7. The fourth-order valence-electron chi connectivity index (χ4n) is 1.90. The normalized spacial score (nSPS) is 18.2. The van der Waals surface area contributed by atoms with Gasteiger partial charge in [-0.2, -0.15) is 13.2 Å². The quantitative estimate of drug-likeness (QED) is 0.756. The van der Waals surface area contributed by atoms with E-state index in [-0.39, 0.29) is 12.0 Å². The lowest BCUT2D eigenvalue weighted by molar-refractivity contribution is -0.136. The zero-order valence-corrected chi connectivity index (χ0v) is 11.3. The Kier molecular flexibility index (Phi) is 6.48. The van der Waals surface area contributed by atoms with E-state index in [1.54, 1.807) is 0 Å². The molecule has 0 aliphatic heterocycles. The number of nitrogens with zero attached hydrogens (tertiary/aromatic N) is 1. The van der Waals surface area contributed by atoms with Crippen molar-refractivity contribution in [3.63, 3.8) is 0 Å². The maximum absolute atomic E-state index is 12.1. The summed E-state index contributed by atoms with van der Waals surface area (Å²) in [6.07, 6.45) is -3.21. The number of rotatable bonds is 7. The summed E-state index contributed by atoms with van der Waals surface area (Å²) in [6, 6.07) is 0.328. The first kappa shape index (κ1) is 16.7. The molecule has 0 aromatic rings. The van der Waals surface area contributed by atoms with Crippen LogP contribution >= 0.6 is 0 Å². The summed E-state index contributed by atoms with van der Waals surface area (Å²) >= 11 is 0. The Morgan fingerprint density at radius 3 is 2.12 bits per heavy atom. The molecular weight excluding hydrogens is 229 g/mol. The van der Waals surface area contributed by atoms with Gasteiger partial charge in [-0.1, -0.05) is 6.92 Å². The number of hydrogen-bond acceptors (Lipinski definition) is 2. The topological polar surface area (TPSA) is 29.3 Å². The minimum atomic E-state index is -4.07. The van der Waals surface area contributed by atoms with Gasteiger partial charge in [0.25, 0.3) is 0 Å². The number of nitrogens with two attached hydrogens (primary N) is 1. The molecule has 0 saturated heterocycles. The summed E-state index contributed by atoms with van der Waals surface area (Å²) < 4.78 is 36.3. The van der Waals surface area contributed by atoms with E-state index in [1.807, 2.05) is 14.0 Å². The fourth-order valence-corrected chi connectivity index (χ4v) is 1.90. The van der Waals surface area contributed by atoms with E-state index in [9.17, 15) is 13.2 Å². The number of hydrogen-bond donors (Lipinski definition) is 1. The van der Waals surface area contributed by atoms with Crippen molar-refractivity contribution in [3.8, 4) is 0 Å². The molecule has 5 heteroatoms. The lowest BCUT2D eigenvalue weighted by Gasteiger charge is -2.42. The Morgan fingerprint density at radius 1 is 1.24 bits per heavy atom. The summed E-state index contributed by atoms with van der Waals surface area (Å²) in [5, 5.41) is 0. The van der Waals surface area contributed by atoms with Crippen LogP contribution < -0.4 is 5.73 Å². The predicted molar refractivity (Wildman–Crippen MR) is 64.9 cm³/mol. The first-order chi connectivity index (χ1) is 7.66. The molecule has 2 nitrogen and oxygen atoms in total. The van der Waals surface area contributed by atoms with E-state index in [0.29, 0.717) is 19.0 Å². The Bertz CT molecular complexity index is 218. The lowest BCUT2D eigenvalue weighted by atomic mass is 9.91. The first-order valence-electron chi connectivity index (χ1n) is 6.16. The molecule has 17 heavy (non-hydrogen) atoms. The molecule has 0 amide bonds. The van der Waals surface area contributed by atoms with Gasteiger partial charge in [0.1, 0.15) is 0 Å².